The zero-order valence-corrected chi connectivity index (χ0v) is 12.4. The molecule has 0 aliphatic carbocycles. The van der Waals surface area contributed by atoms with E-state index < -0.39 is 0 Å². The number of H-pyrrole nitrogens is 1. The molecule has 0 fully saturated rings. The molecule has 5 heteroatoms. The largest absolute Gasteiger partial charge is 0.496 e. The van der Waals surface area contributed by atoms with Crippen molar-refractivity contribution < 1.29 is 4.74 Å². The summed E-state index contributed by atoms with van der Waals surface area (Å²) in [5.41, 5.74) is 8.75. The van der Waals surface area contributed by atoms with Gasteiger partial charge in [-0.2, -0.15) is 5.10 Å². The summed E-state index contributed by atoms with van der Waals surface area (Å²) in [5.74, 6) is 2.35. The number of nitrogens with one attached hydrogen (secondary N) is 1. The first-order valence-electron chi connectivity index (χ1n) is 7.12. The number of hydrogen-bond acceptors (Lipinski definition) is 4. The number of rotatable bonds is 5. The van der Waals surface area contributed by atoms with E-state index in [1.165, 1.54) is 0 Å². The molecule has 0 bridgehead atoms. The number of nitrogens with two attached hydrogens (primary N) is 1. The highest BCUT2D eigenvalue weighted by molar-refractivity contribution is 5.55. The first-order chi connectivity index (χ1) is 10.8. The molecule has 0 aliphatic heterocycles. The van der Waals surface area contributed by atoms with Crippen LogP contribution in [0.2, 0.25) is 0 Å². The van der Waals surface area contributed by atoms with E-state index in [2.05, 4.69) is 15.2 Å². The minimum atomic E-state index is 0.535. The molecule has 0 aliphatic rings. The van der Waals surface area contributed by atoms with Gasteiger partial charge in [0.05, 0.1) is 7.11 Å². The number of aromatic amines is 1. The highest BCUT2D eigenvalue weighted by atomic mass is 16.5. The van der Waals surface area contributed by atoms with Gasteiger partial charge < -0.3 is 10.5 Å². The van der Waals surface area contributed by atoms with E-state index in [-0.39, 0.29) is 0 Å². The lowest BCUT2D eigenvalue weighted by Crippen LogP contribution is -1.96. The third-order valence-electron chi connectivity index (χ3n) is 3.53. The number of aromatic nitrogens is 3. The Bertz CT molecular complexity index is 749. The molecule has 0 unspecified atom stereocenters. The second-order valence-electron chi connectivity index (χ2n) is 5.00. The predicted molar refractivity (Wildman–Crippen MR) is 85.5 cm³/mol. The standard InChI is InChI=1S/C17H18N4O/c1-22-15-5-3-2-4-14(15)10-16-19-17(21-20-16)13-8-6-12(11-18)7-9-13/h2-9H,10-11,18H2,1H3,(H,19,20,21). The lowest BCUT2D eigenvalue weighted by Gasteiger charge is -2.05. The molecule has 0 radical (unpaired) electrons. The molecule has 3 N–H and O–H groups in total. The van der Waals surface area contributed by atoms with Gasteiger partial charge in [0.15, 0.2) is 5.82 Å². The number of methoxy groups -OCH3 is 1. The molecule has 5 nitrogen and oxygen atoms in total. The molecule has 22 heavy (non-hydrogen) atoms. The highest BCUT2D eigenvalue weighted by Crippen LogP contribution is 2.21. The molecular weight excluding hydrogens is 276 g/mol. The van der Waals surface area contributed by atoms with Gasteiger partial charge in [0, 0.05) is 24.1 Å². The predicted octanol–water partition coefficient (Wildman–Crippen LogP) is 2.53. The topological polar surface area (TPSA) is 76.8 Å². The average molecular weight is 294 g/mol. The van der Waals surface area contributed by atoms with Crippen LogP contribution in [-0.4, -0.2) is 22.3 Å². The van der Waals surface area contributed by atoms with Gasteiger partial charge in [-0.25, -0.2) is 4.98 Å². The summed E-state index contributed by atoms with van der Waals surface area (Å²) in [7, 11) is 1.67. The number of para-hydroxylation sites is 1. The van der Waals surface area contributed by atoms with Crippen LogP contribution in [0.4, 0.5) is 0 Å². The Kier molecular flexibility index (Phi) is 4.16. The highest BCUT2D eigenvalue weighted by Gasteiger charge is 2.09. The van der Waals surface area contributed by atoms with Crippen molar-refractivity contribution in [1.29, 1.82) is 0 Å². The zero-order chi connectivity index (χ0) is 15.4. The quantitative estimate of drug-likeness (QED) is 0.758. The average Bonchev–Trinajstić information content (AvgIpc) is 3.04. The number of ether oxygens (including phenoxy) is 1. The van der Waals surface area contributed by atoms with Crippen LogP contribution in [0.25, 0.3) is 11.4 Å². The first kappa shape index (κ1) is 14.3. The summed E-state index contributed by atoms with van der Waals surface area (Å²) in [6, 6.07) is 15.9. The number of benzene rings is 2. The van der Waals surface area contributed by atoms with Crippen molar-refractivity contribution in [2.45, 2.75) is 13.0 Å². The second kappa shape index (κ2) is 6.41. The van der Waals surface area contributed by atoms with Crippen molar-refractivity contribution >= 4 is 0 Å². The molecule has 0 spiro atoms. The summed E-state index contributed by atoms with van der Waals surface area (Å²) >= 11 is 0. The van der Waals surface area contributed by atoms with Crippen LogP contribution in [0.3, 0.4) is 0 Å². The Morgan fingerprint density at radius 3 is 2.59 bits per heavy atom. The van der Waals surface area contributed by atoms with Crippen LogP contribution in [0.15, 0.2) is 48.5 Å². The number of nitrogens with zero attached hydrogens (tertiary/aromatic N) is 2. The van der Waals surface area contributed by atoms with Gasteiger partial charge in [-0.05, 0) is 11.6 Å². The Labute approximate surface area is 129 Å². The molecule has 3 rings (SSSR count). The molecule has 1 heterocycles. The van der Waals surface area contributed by atoms with E-state index in [4.69, 9.17) is 10.5 Å². The fourth-order valence-electron chi connectivity index (χ4n) is 2.32. The lowest BCUT2D eigenvalue weighted by atomic mass is 10.1. The maximum Gasteiger partial charge on any atom is 0.181 e. The van der Waals surface area contributed by atoms with Crippen LogP contribution in [0.5, 0.6) is 5.75 Å². The van der Waals surface area contributed by atoms with Gasteiger partial charge in [0.1, 0.15) is 11.6 Å². The van der Waals surface area contributed by atoms with Crippen LogP contribution in [0.1, 0.15) is 17.0 Å². The van der Waals surface area contributed by atoms with Gasteiger partial charge in [0.25, 0.3) is 0 Å². The van der Waals surface area contributed by atoms with E-state index >= 15 is 0 Å². The fourth-order valence-corrected chi connectivity index (χ4v) is 2.32. The Hall–Kier alpha value is -2.66. The molecule has 1 aromatic heterocycles. The van der Waals surface area contributed by atoms with Crippen molar-refractivity contribution in [1.82, 2.24) is 15.2 Å². The summed E-state index contributed by atoms with van der Waals surface area (Å²) < 4.78 is 5.36. The lowest BCUT2D eigenvalue weighted by molar-refractivity contribution is 0.410. The van der Waals surface area contributed by atoms with Crippen LogP contribution in [-0.2, 0) is 13.0 Å². The molecule has 0 atom stereocenters. The van der Waals surface area contributed by atoms with Crippen molar-refractivity contribution in [3.05, 3.63) is 65.5 Å². The number of hydrogen-bond donors (Lipinski definition) is 2. The molecule has 3 aromatic rings. The van der Waals surface area contributed by atoms with E-state index in [0.29, 0.717) is 18.8 Å². The minimum absolute atomic E-state index is 0.535. The van der Waals surface area contributed by atoms with Crippen molar-refractivity contribution in [2.75, 3.05) is 7.11 Å². The van der Waals surface area contributed by atoms with Crippen molar-refractivity contribution in [3.63, 3.8) is 0 Å². The SMILES string of the molecule is COc1ccccc1Cc1nc(-c2ccc(CN)cc2)n[nH]1. The van der Waals surface area contributed by atoms with Gasteiger partial charge >= 0.3 is 0 Å². The summed E-state index contributed by atoms with van der Waals surface area (Å²) in [6.07, 6.45) is 0.651. The fraction of sp³-hybridized carbons (Fsp3) is 0.176. The molecule has 2 aromatic carbocycles. The second-order valence-corrected chi connectivity index (χ2v) is 5.00. The maximum absolute atomic E-state index is 5.61. The molecule has 0 saturated carbocycles. The molecule has 0 saturated heterocycles. The van der Waals surface area contributed by atoms with Crippen molar-refractivity contribution in [3.8, 4) is 17.1 Å². The minimum Gasteiger partial charge on any atom is -0.496 e. The Balaban J connectivity index is 1.81. The summed E-state index contributed by atoms with van der Waals surface area (Å²) in [4.78, 5) is 4.55. The van der Waals surface area contributed by atoms with Crippen LogP contribution in [0, 0.1) is 0 Å². The molecular formula is C17H18N4O. The maximum atomic E-state index is 5.61. The summed E-state index contributed by atoms with van der Waals surface area (Å²) in [6.45, 7) is 0.535. The van der Waals surface area contributed by atoms with Crippen LogP contribution < -0.4 is 10.5 Å². The molecule has 0 amide bonds. The normalized spacial score (nSPS) is 10.6. The third-order valence-corrected chi connectivity index (χ3v) is 3.53. The monoisotopic (exact) mass is 294 g/mol. The van der Waals surface area contributed by atoms with Gasteiger partial charge in [-0.1, -0.05) is 42.5 Å². The molecule has 112 valence electrons. The van der Waals surface area contributed by atoms with Crippen LogP contribution >= 0.6 is 0 Å². The van der Waals surface area contributed by atoms with E-state index in [0.717, 1.165) is 28.3 Å². The zero-order valence-electron chi connectivity index (χ0n) is 12.4. The van der Waals surface area contributed by atoms with E-state index in [1.54, 1.807) is 7.11 Å². The third kappa shape index (κ3) is 2.99. The Morgan fingerprint density at radius 2 is 1.86 bits per heavy atom. The van der Waals surface area contributed by atoms with Gasteiger partial charge in [0.2, 0.25) is 0 Å². The van der Waals surface area contributed by atoms with Crippen molar-refractivity contribution in [2.24, 2.45) is 5.73 Å². The summed E-state index contributed by atoms with van der Waals surface area (Å²) in [5, 5.41) is 7.28. The van der Waals surface area contributed by atoms with Gasteiger partial charge in [-0.3, -0.25) is 5.10 Å². The van der Waals surface area contributed by atoms with E-state index in [1.807, 2.05) is 48.5 Å². The first-order valence-corrected chi connectivity index (χ1v) is 7.12. The van der Waals surface area contributed by atoms with Gasteiger partial charge in [-0.15, -0.1) is 0 Å². The Morgan fingerprint density at radius 1 is 1.09 bits per heavy atom. The van der Waals surface area contributed by atoms with E-state index in [9.17, 15) is 0 Å². The smallest absolute Gasteiger partial charge is 0.181 e.